The van der Waals surface area contributed by atoms with Gasteiger partial charge in [-0.05, 0) is 36.7 Å². The van der Waals surface area contributed by atoms with Gasteiger partial charge in [-0.2, -0.15) is 0 Å². The van der Waals surface area contributed by atoms with Crippen molar-refractivity contribution in [3.63, 3.8) is 0 Å². The van der Waals surface area contributed by atoms with Crippen molar-refractivity contribution < 1.29 is 4.42 Å². The number of furan rings is 1. The zero-order chi connectivity index (χ0) is 12.1. The normalized spacial score (nSPS) is 10.7. The lowest BCUT2D eigenvalue weighted by atomic mass is 10.1. The quantitative estimate of drug-likeness (QED) is 0.807. The molecule has 1 aromatic heterocycles. The highest BCUT2D eigenvalue weighted by atomic mass is 35.5. The van der Waals surface area contributed by atoms with E-state index in [0.29, 0.717) is 0 Å². The molecule has 0 aliphatic rings. The van der Waals surface area contributed by atoms with E-state index in [0.717, 1.165) is 41.4 Å². The van der Waals surface area contributed by atoms with Crippen LogP contribution in [0.25, 0.3) is 11.1 Å². The lowest BCUT2D eigenvalue weighted by Gasteiger charge is -2.04. The molecule has 0 saturated carbocycles. The fourth-order valence-electron chi connectivity index (χ4n) is 1.74. The summed E-state index contributed by atoms with van der Waals surface area (Å²) in [5.74, 6) is 0.973. The molecule has 1 aromatic carbocycles. The van der Waals surface area contributed by atoms with E-state index in [1.807, 2.05) is 30.3 Å². The van der Waals surface area contributed by atoms with Gasteiger partial charge in [0.05, 0.1) is 12.8 Å². The molecule has 90 valence electrons. The predicted octanol–water partition coefficient (Wildman–Crippen LogP) is 4.10. The number of benzene rings is 1. The van der Waals surface area contributed by atoms with Crippen LogP contribution in [0.3, 0.4) is 0 Å². The Labute approximate surface area is 107 Å². The van der Waals surface area contributed by atoms with Gasteiger partial charge < -0.3 is 9.73 Å². The van der Waals surface area contributed by atoms with Gasteiger partial charge in [-0.1, -0.05) is 30.7 Å². The number of halogens is 1. The van der Waals surface area contributed by atoms with E-state index in [1.54, 1.807) is 6.26 Å². The van der Waals surface area contributed by atoms with E-state index in [4.69, 9.17) is 16.0 Å². The van der Waals surface area contributed by atoms with Gasteiger partial charge >= 0.3 is 0 Å². The number of nitrogens with one attached hydrogen (secondary N) is 1. The molecule has 1 heterocycles. The third-order valence-corrected chi connectivity index (χ3v) is 2.86. The summed E-state index contributed by atoms with van der Waals surface area (Å²) in [7, 11) is 0. The number of hydrogen-bond acceptors (Lipinski definition) is 2. The van der Waals surface area contributed by atoms with Gasteiger partial charge in [0.25, 0.3) is 0 Å². The third kappa shape index (κ3) is 3.11. The molecule has 0 saturated heterocycles. The Hall–Kier alpha value is -1.25. The summed E-state index contributed by atoms with van der Waals surface area (Å²) in [5, 5.41) is 4.09. The average molecular weight is 250 g/mol. The molecule has 0 spiro atoms. The van der Waals surface area contributed by atoms with E-state index in [9.17, 15) is 0 Å². The van der Waals surface area contributed by atoms with Crippen LogP contribution in [0, 0.1) is 0 Å². The SMILES string of the molecule is CCCNCc1occc1-c1ccc(Cl)cc1. The van der Waals surface area contributed by atoms with Crippen LogP contribution in [0.4, 0.5) is 0 Å². The lowest BCUT2D eigenvalue weighted by molar-refractivity contribution is 0.484. The van der Waals surface area contributed by atoms with Gasteiger partial charge in [-0.25, -0.2) is 0 Å². The average Bonchev–Trinajstić information content (AvgIpc) is 2.79. The molecule has 2 rings (SSSR count). The second-order valence-electron chi connectivity index (χ2n) is 3.94. The Morgan fingerprint density at radius 1 is 1.18 bits per heavy atom. The second-order valence-corrected chi connectivity index (χ2v) is 4.38. The molecule has 0 atom stereocenters. The van der Waals surface area contributed by atoms with E-state index >= 15 is 0 Å². The second kappa shape index (κ2) is 5.89. The predicted molar refractivity (Wildman–Crippen MR) is 71.2 cm³/mol. The van der Waals surface area contributed by atoms with Crippen molar-refractivity contribution in [1.82, 2.24) is 5.32 Å². The van der Waals surface area contributed by atoms with Crippen molar-refractivity contribution in [3.05, 3.63) is 47.4 Å². The highest BCUT2D eigenvalue weighted by Gasteiger charge is 2.07. The smallest absolute Gasteiger partial charge is 0.125 e. The molecular weight excluding hydrogens is 234 g/mol. The summed E-state index contributed by atoms with van der Waals surface area (Å²) in [6.07, 6.45) is 2.85. The third-order valence-electron chi connectivity index (χ3n) is 2.61. The standard InChI is InChI=1S/C14H16ClNO/c1-2-8-16-10-14-13(7-9-17-14)11-3-5-12(15)6-4-11/h3-7,9,16H,2,8,10H2,1H3. The molecule has 0 radical (unpaired) electrons. The Morgan fingerprint density at radius 3 is 2.65 bits per heavy atom. The van der Waals surface area contributed by atoms with Crippen LogP contribution in [0.15, 0.2) is 41.0 Å². The van der Waals surface area contributed by atoms with Gasteiger partial charge in [0.1, 0.15) is 5.76 Å². The Morgan fingerprint density at radius 2 is 1.94 bits per heavy atom. The van der Waals surface area contributed by atoms with Crippen molar-refractivity contribution in [2.24, 2.45) is 0 Å². The molecule has 0 bridgehead atoms. The van der Waals surface area contributed by atoms with Gasteiger partial charge in [-0.3, -0.25) is 0 Å². The van der Waals surface area contributed by atoms with Crippen molar-refractivity contribution in [2.45, 2.75) is 19.9 Å². The van der Waals surface area contributed by atoms with Crippen LogP contribution in [0.2, 0.25) is 5.02 Å². The van der Waals surface area contributed by atoms with E-state index in [2.05, 4.69) is 12.2 Å². The van der Waals surface area contributed by atoms with Gasteiger partial charge in [0, 0.05) is 10.6 Å². The molecular formula is C14H16ClNO. The molecule has 0 aliphatic carbocycles. The highest BCUT2D eigenvalue weighted by Crippen LogP contribution is 2.26. The first-order valence-electron chi connectivity index (χ1n) is 5.84. The van der Waals surface area contributed by atoms with Crippen LogP contribution >= 0.6 is 11.6 Å². The minimum atomic E-state index is 0.753. The lowest BCUT2D eigenvalue weighted by Crippen LogP contribution is -2.13. The molecule has 0 amide bonds. The van der Waals surface area contributed by atoms with Crippen LogP contribution in [-0.2, 0) is 6.54 Å². The minimum Gasteiger partial charge on any atom is -0.467 e. The first-order chi connectivity index (χ1) is 8.31. The van der Waals surface area contributed by atoms with E-state index in [1.165, 1.54) is 0 Å². The first kappa shape index (κ1) is 12.2. The molecule has 1 N–H and O–H groups in total. The first-order valence-corrected chi connectivity index (χ1v) is 6.22. The van der Waals surface area contributed by atoms with Crippen molar-refractivity contribution in [2.75, 3.05) is 6.54 Å². The minimum absolute atomic E-state index is 0.753. The number of hydrogen-bond donors (Lipinski definition) is 1. The summed E-state index contributed by atoms with van der Waals surface area (Å²) < 4.78 is 5.50. The topological polar surface area (TPSA) is 25.2 Å². The van der Waals surface area contributed by atoms with Crippen molar-refractivity contribution >= 4 is 11.6 Å². The van der Waals surface area contributed by atoms with Crippen LogP contribution in [0.1, 0.15) is 19.1 Å². The number of rotatable bonds is 5. The zero-order valence-corrected chi connectivity index (χ0v) is 10.6. The fraction of sp³-hybridized carbons (Fsp3) is 0.286. The van der Waals surface area contributed by atoms with Crippen molar-refractivity contribution in [3.8, 4) is 11.1 Å². The maximum absolute atomic E-state index is 5.88. The fourth-order valence-corrected chi connectivity index (χ4v) is 1.87. The summed E-state index contributed by atoms with van der Waals surface area (Å²) >= 11 is 5.88. The largest absolute Gasteiger partial charge is 0.467 e. The summed E-state index contributed by atoms with van der Waals surface area (Å²) in [4.78, 5) is 0. The molecule has 2 nitrogen and oxygen atoms in total. The van der Waals surface area contributed by atoms with Crippen LogP contribution < -0.4 is 5.32 Å². The molecule has 0 fully saturated rings. The molecule has 2 aromatic rings. The van der Waals surface area contributed by atoms with Gasteiger partial charge in [-0.15, -0.1) is 0 Å². The zero-order valence-electron chi connectivity index (χ0n) is 9.87. The van der Waals surface area contributed by atoms with Crippen LogP contribution in [-0.4, -0.2) is 6.54 Å². The van der Waals surface area contributed by atoms with Gasteiger partial charge in [0.2, 0.25) is 0 Å². The summed E-state index contributed by atoms with van der Waals surface area (Å²) in [6, 6.07) is 9.81. The van der Waals surface area contributed by atoms with Crippen LogP contribution in [0.5, 0.6) is 0 Å². The molecule has 17 heavy (non-hydrogen) atoms. The maximum Gasteiger partial charge on any atom is 0.125 e. The van der Waals surface area contributed by atoms with E-state index < -0.39 is 0 Å². The molecule has 3 heteroatoms. The molecule has 0 aliphatic heterocycles. The molecule has 0 unspecified atom stereocenters. The monoisotopic (exact) mass is 249 g/mol. The Kier molecular flexibility index (Phi) is 4.24. The van der Waals surface area contributed by atoms with Crippen molar-refractivity contribution in [1.29, 1.82) is 0 Å². The highest BCUT2D eigenvalue weighted by molar-refractivity contribution is 6.30. The summed E-state index contributed by atoms with van der Waals surface area (Å²) in [5.41, 5.74) is 2.27. The summed E-state index contributed by atoms with van der Waals surface area (Å²) in [6.45, 7) is 3.91. The van der Waals surface area contributed by atoms with E-state index in [-0.39, 0.29) is 0 Å². The Balaban J connectivity index is 2.15. The maximum atomic E-state index is 5.88. The van der Waals surface area contributed by atoms with Gasteiger partial charge in [0.15, 0.2) is 0 Å². The Bertz CT molecular complexity index is 461.